The molecular formula is C22H24N2O3. The van der Waals surface area contributed by atoms with Gasteiger partial charge < -0.3 is 19.7 Å². The van der Waals surface area contributed by atoms with Crippen LogP contribution in [0, 0.1) is 0 Å². The Kier molecular flexibility index (Phi) is 4.15. The SMILES string of the molecule is O=C(N[C@@H]1C[C@H]1c1ccccc1)N1CCC[C@@H]1c1ccc2c(c1)OCCO2. The molecule has 0 spiro atoms. The van der Waals surface area contributed by atoms with E-state index in [2.05, 4.69) is 35.6 Å². The van der Waals surface area contributed by atoms with Gasteiger partial charge in [0.1, 0.15) is 13.2 Å². The molecule has 140 valence electrons. The second kappa shape index (κ2) is 6.80. The zero-order chi connectivity index (χ0) is 18.2. The van der Waals surface area contributed by atoms with Crippen LogP contribution in [0.4, 0.5) is 4.79 Å². The number of nitrogens with zero attached hydrogens (tertiary/aromatic N) is 1. The van der Waals surface area contributed by atoms with E-state index >= 15 is 0 Å². The number of urea groups is 1. The highest BCUT2D eigenvalue weighted by molar-refractivity contribution is 5.76. The summed E-state index contributed by atoms with van der Waals surface area (Å²) >= 11 is 0. The summed E-state index contributed by atoms with van der Waals surface area (Å²) in [6.07, 6.45) is 3.04. The number of ether oxygens (including phenoxy) is 2. The van der Waals surface area contributed by atoms with Crippen LogP contribution < -0.4 is 14.8 Å². The van der Waals surface area contributed by atoms with Gasteiger partial charge >= 0.3 is 6.03 Å². The lowest BCUT2D eigenvalue weighted by atomic mass is 10.0. The van der Waals surface area contributed by atoms with Gasteiger partial charge in [-0.15, -0.1) is 0 Å². The van der Waals surface area contributed by atoms with E-state index in [1.54, 1.807) is 0 Å². The fourth-order valence-corrected chi connectivity index (χ4v) is 4.29. The fourth-order valence-electron chi connectivity index (χ4n) is 4.29. The Balaban J connectivity index is 1.27. The Bertz CT molecular complexity index is 839. The zero-order valence-electron chi connectivity index (χ0n) is 15.3. The molecule has 0 bridgehead atoms. The summed E-state index contributed by atoms with van der Waals surface area (Å²) in [7, 11) is 0. The van der Waals surface area contributed by atoms with Crippen molar-refractivity contribution < 1.29 is 14.3 Å². The molecule has 1 saturated carbocycles. The van der Waals surface area contributed by atoms with Gasteiger partial charge in [0.15, 0.2) is 11.5 Å². The molecule has 2 aromatic carbocycles. The molecule has 0 aromatic heterocycles. The van der Waals surface area contributed by atoms with Crippen LogP contribution in [0.5, 0.6) is 11.5 Å². The summed E-state index contributed by atoms with van der Waals surface area (Å²) in [4.78, 5) is 14.9. The maximum atomic E-state index is 12.9. The molecule has 2 fully saturated rings. The number of rotatable bonds is 3. The topological polar surface area (TPSA) is 50.8 Å². The van der Waals surface area contributed by atoms with Gasteiger partial charge in [-0.1, -0.05) is 36.4 Å². The van der Waals surface area contributed by atoms with Gasteiger partial charge in [0.2, 0.25) is 0 Å². The van der Waals surface area contributed by atoms with Crippen LogP contribution in [0.3, 0.4) is 0 Å². The predicted molar refractivity (Wildman–Crippen MR) is 102 cm³/mol. The molecule has 2 amide bonds. The van der Waals surface area contributed by atoms with Crippen LogP contribution >= 0.6 is 0 Å². The Labute approximate surface area is 159 Å². The molecule has 1 N–H and O–H groups in total. The first-order valence-corrected chi connectivity index (χ1v) is 9.81. The molecule has 5 heteroatoms. The first kappa shape index (κ1) is 16.5. The number of carbonyl (C=O) groups excluding carboxylic acids is 1. The van der Waals surface area contributed by atoms with Gasteiger partial charge in [0, 0.05) is 18.5 Å². The van der Waals surface area contributed by atoms with Crippen molar-refractivity contribution in [3.63, 3.8) is 0 Å². The summed E-state index contributed by atoms with van der Waals surface area (Å²) in [5.74, 6) is 2.03. The lowest BCUT2D eigenvalue weighted by molar-refractivity contribution is 0.170. The second-order valence-electron chi connectivity index (χ2n) is 7.56. The number of carbonyl (C=O) groups is 1. The number of nitrogens with one attached hydrogen (secondary N) is 1. The maximum absolute atomic E-state index is 12.9. The molecule has 2 heterocycles. The lowest BCUT2D eigenvalue weighted by Crippen LogP contribution is -2.40. The number of fused-ring (bicyclic) bond motifs is 1. The Morgan fingerprint density at radius 1 is 1.00 bits per heavy atom. The van der Waals surface area contributed by atoms with Crippen molar-refractivity contribution in [2.45, 2.75) is 37.3 Å². The van der Waals surface area contributed by atoms with E-state index in [1.165, 1.54) is 5.56 Å². The summed E-state index contributed by atoms with van der Waals surface area (Å²) in [6, 6.07) is 16.9. The summed E-state index contributed by atoms with van der Waals surface area (Å²) in [5.41, 5.74) is 2.44. The van der Waals surface area contributed by atoms with E-state index < -0.39 is 0 Å². The van der Waals surface area contributed by atoms with Crippen LogP contribution in [-0.4, -0.2) is 36.7 Å². The van der Waals surface area contributed by atoms with E-state index in [0.717, 1.165) is 42.9 Å². The molecule has 3 atom stereocenters. The summed E-state index contributed by atoms with van der Waals surface area (Å²) in [5, 5.41) is 3.24. The van der Waals surface area contributed by atoms with Crippen LogP contribution in [0.1, 0.15) is 42.3 Å². The third kappa shape index (κ3) is 3.22. The molecular weight excluding hydrogens is 340 g/mol. The minimum Gasteiger partial charge on any atom is -0.486 e. The van der Waals surface area contributed by atoms with Crippen molar-refractivity contribution in [3.8, 4) is 11.5 Å². The third-order valence-electron chi connectivity index (χ3n) is 5.79. The Hall–Kier alpha value is -2.69. The first-order valence-electron chi connectivity index (χ1n) is 9.81. The van der Waals surface area contributed by atoms with Gasteiger partial charge in [-0.25, -0.2) is 4.79 Å². The molecule has 2 aliphatic heterocycles. The molecule has 5 rings (SSSR count). The normalized spacial score (nSPS) is 25.9. The average molecular weight is 364 g/mol. The molecule has 1 saturated heterocycles. The van der Waals surface area contributed by atoms with E-state index in [0.29, 0.717) is 19.1 Å². The monoisotopic (exact) mass is 364 g/mol. The van der Waals surface area contributed by atoms with Gasteiger partial charge in [0.05, 0.1) is 6.04 Å². The van der Waals surface area contributed by atoms with Crippen LogP contribution in [-0.2, 0) is 0 Å². The van der Waals surface area contributed by atoms with Crippen LogP contribution in [0.15, 0.2) is 48.5 Å². The van der Waals surface area contributed by atoms with Gasteiger partial charge in [0.25, 0.3) is 0 Å². The minimum absolute atomic E-state index is 0.0517. The third-order valence-corrected chi connectivity index (χ3v) is 5.79. The first-order chi connectivity index (χ1) is 13.3. The number of amides is 2. The van der Waals surface area contributed by atoms with E-state index in [9.17, 15) is 4.79 Å². The molecule has 5 nitrogen and oxygen atoms in total. The molecule has 3 aliphatic rings. The molecule has 0 unspecified atom stereocenters. The predicted octanol–water partition coefficient (Wildman–Crippen LogP) is 3.86. The number of likely N-dealkylation sites (tertiary alicyclic amines) is 1. The Morgan fingerprint density at radius 3 is 2.67 bits per heavy atom. The van der Waals surface area contributed by atoms with Crippen molar-refractivity contribution in [1.29, 1.82) is 0 Å². The molecule has 2 aromatic rings. The van der Waals surface area contributed by atoms with Crippen molar-refractivity contribution in [2.24, 2.45) is 0 Å². The smallest absolute Gasteiger partial charge is 0.318 e. The van der Waals surface area contributed by atoms with Crippen molar-refractivity contribution in [3.05, 3.63) is 59.7 Å². The number of benzene rings is 2. The number of hydrogen-bond acceptors (Lipinski definition) is 3. The van der Waals surface area contributed by atoms with Crippen molar-refractivity contribution >= 4 is 6.03 Å². The van der Waals surface area contributed by atoms with Crippen molar-refractivity contribution in [2.75, 3.05) is 19.8 Å². The van der Waals surface area contributed by atoms with E-state index in [4.69, 9.17) is 9.47 Å². The largest absolute Gasteiger partial charge is 0.486 e. The molecule has 0 radical (unpaired) electrons. The minimum atomic E-state index is 0.0517. The fraction of sp³-hybridized carbons (Fsp3) is 0.409. The summed E-state index contributed by atoms with van der Waals surface area (Å²) < 4.78 is 11.3. The van der Waals surface area contributed by atoms with Crippen LogP contribution in [0.25, 0.3) is 0 Å². The van der Waals surface area contributed by atoms with Gasteiger partial charge in [-0.2, -0.15) is 0 Å². The summed E-state index contributed by atoms with van der Waals surface area (Å²) in [6.45, 7) is 1.97. The van der Waals surface area contributed by atoms with E-state index in [1.807, 2.05) is 23.1 Å². The van der Waals surface area contributed by atoms with Gasteiger partial charge in [-0.3, -0.25) is 0 Å². The zero-order valence-corrected chi connectivity index (χ0v) is 15.3. The second-order valence-corrected chi connectivity index (χ2v) is 7.56. The quantitative estimate of drug-likeness (QED) is 0.900. The molecule has 27 heavy (non-hydrogen) atoms. The standard InChI is InChI=1S/C22H24N2O3/c25-22(23-18-14-17(18)15-5-2-1-3-6-15)24-10-4-7-19(24)16-8-9-20-21(13-16)27-12-11-26-20/h1-3,5-6,8-9,13,17-19H,4,7,10-12,14H2,(H,23,25)/t17-,18+,19+/m0/s1. The van der Waals surface area contributed by atoms with Crippen LogP contribution in [0.2, 0.25) is 0 Å². The lowest BCUT2D eigenvalue weighted by Gasteiger charge is -2.27. The highest BCUT2D eigenvalue weighted by atomic mass is 16.6. The van der Waals surface area contributed by atoms with Gasteiger partial charge in [-0.05, 0) is 42.5 Å². The maximum Gasteiger partial charge on any atom is 0.318 e. The Morgan fingerprint density at radius 2 is 1.81 bits per heavy atom. The number of hydrogen-bond donors (Lipinski definition) is 1. The highest BCUT2D eigenvalue weighted by Crippen LogP contribution is 2.42. The molecule has 1 aliphatic carbocycles. The highest BCUT2D eigenvalue weighted by Gasteiger charge is 2.41. The van der Waals surface area contributed by atoms with E-state index in [-0.39, 0.29) is 18.1 Å². The average Bonchev–Trinajstić information content (AvgIpc) is 3.30. The van der Waals surface area contributed by atoms with Crippen molar-refractivity contribution in [1.82, 2.24) is 10.2 Å².